The first-order valence-electron chi connectivity index (χ1n) is 3.56. The van der Waals surface area contributed by atoms with Gasteiger partial charge >= 0.3 is 0 Å². The first-order valence-corrected chi connectivity index (χ1v) is 3.56. The lowest BCUT2D eigenvalue weighted by Crippen LogP contribution is -2.29. The van der Waals surface area contributed by atoms with Crippen LogP contribution in [0.5, 0.6) is 0 Å². The fraction of sp³-hybridized carbons (Fsp3) is 0.571. The average molecular weight is 154 g/mol. The van der Waals surface area contributed by atoms with Gasteiger partial charge in [0.2, 0.25) is 0 Å². The van der Waals surface area contributed by atoms with Gasteiger partial charge in [0.25, 0.3) is 0 Å². The summed E-state index contributed by atoms with van der Waals surface area (Å²) in [6.07, 6.45) is 1.52. The summed E-state index contributed by atoms with van der Waals surface area (Å²) < 4.78 is 0. The molecular formula is C7H10N2O2. The van der Waals surface area contributed by atoms with Gasteiger partial charge < -0.3 is 5.73 Å². The lowest BCUT2D eigenvalue weighted by molar-refractivity contribution is -0.119. The lowest BCUT2D eigenvalue weighted by Gasteiger charge is -2.09. The summed E-state index contributed by atoms with van der Waals surface area (Å²) in [4.78, 5) is 25.6. The molecule has 1 rings (SSSR count). The molecule has 0 aromatic rings. The number of carbonyl (C=O) groups is 2. The Balaban J connectivity index is 2.79. The van der Waals surface area contributed by atoms with E-state index < -0.39 is 0 Å². The Hall–Kier alpha value is -1.03. The van der Waals surface area contributed by atoms with Crippen LogP contribution in [-0.4, -0.2) is 23.9 Å². The maximum absolute atomic E-state index is 11.0. The van der Waals surface area contributed by atoms with Gasteiger partial charge in [0.15, 0.2) is 11.6 Å². The summed E-state index contributed by atoms with van der Waals surface area (Å²) in [6.45, 7) is 0.0206. The monoisotopic (exact) mass is 154 g/mol. The highest BCUT2D eigenvalue weighted by molar-refractivity contribution is 6.66. The third-order valence-corrected chi connectivity index (χ3v) is 1.59. The van der Waals surface area contributed by atoms with E-state index >= 15 is 0 Å². The van der Waals surface area contributed by atoms with Crippen LogP contribution in [0.1, 0.15) is 19.3 Å². The summed E-state index contributed by atoms with van der Waals surface area (Å²) in [5.41, 5.74) is 5.16. The second kappa shape index (κ2) is 3.39. The number of Topliss-reactive ketones (excluding diaryl/α,β-unsaturated/α-hetero) is 2. The highest BCUT2D eigenvalue weighted by atomic mass is 16.2. The zero-order chi connectivity index (χ0) is 8.27. The van der Waals surface area contributed by atoms with Crippen molar-refractivity contribution in [1.82, 2.24) is 0 Å². The van der Waals surface area contributed by atoms with Crippen LogP contribution in [0, 0.1) is 0 Å². The number of nitrogens with two attached hydrogens (primary N) is 1. The Kier molecular flexibility index (Phi) is 2.48. The normalized spacial score (nSPS) is 18.8. The maximum atomic E-state index is 11.0. The van der Waals surface area contributed by atoms with E-state index in [1.165, 1.54) is 0 Å². The van der Waals surface area contributed by atoms with Gasteiger partial charge in [-0.1, -0.05) is 0 Å². The van der Waals surface area contributed by atoms with E-state index in [-0.39, 0.29) is 23.9 Å². The van der Waals surface area contributed by atoms with E-state index in [9.17, 15) is 9.59 Å². The highest BCUT2D eigenvalue weighted by Gasteiger charge is 2.23. The fourth-order valence-corrected chi connectivity index (χ4v) is 1.07. The number of hydrogen-bond acceptors (Lipinski definition) is 4. The van der Waals surface area contributed by atoms with E-state index in [1.54, 1.807) is 0 Å². The van der Waals surface area contributed by atoms with E-state index in [4.69, 9.17) is 5.73 Å². The molecule has 4 nitrogen and oxygen atoms in total. The standard InChI is InChI=1S/C7H10N2O2/c8-4-9-7-5(10)2-1-3-6(7)11/h1-4,8H2. The van der Waals surface area contributed by atoms with E-state index in [1.807, 2.05) is 0 Å². The largest absolute Gasteiger partial charge is 0.312 e. The molecule has 1 aliphatic rings. The van der Waals surface area contributed by atoms with Gasteiger partial charge in [0.1, 0.15) is 5.71 Å². The quantitative estimate of drug-likeness (QED) is 0.561. The molecule has 0 aromatic carbocycles. The van der Waals surface area contributed by atoms with Gasteiger partial charge in [0.05, 0.1) is 6.67 Å². The maximum Gasteiger partial charge on any atom is 0.184 e. The molecule has 11 heavy (non-hydrogen) atoms. The van der Waals surface area contributed by atoms with Crippen molar-refractivity contribution in [3.05, 3.63) is 0 Å². The molecule has 0 radical (unpaired) electrons. The molecule has 0 unspecified atom stereocenters. The number of rotatable bonds is 1. The summed E-state index contributed by atoms with van der Waals surface area (Å²) in [5.74, 6) is -0.321. The molecule has 1 fully saturated rings. The Morgan fingerprint density at radius 2 is 1.82 bits per heavy atom. The van der Waals surface area contributed by atoms with E-state index in [0.717, 1.165) is 0 Å². The van der Waals surface area contributed by atoms with Gasteiger partial charge in [0, 0.05) is 12.8 Å². The number of carbonyl (C=O) groups excluding carboxylic acids is 2. The van der Waals surface area contributed by atoms with Crippen LogP contribution >= 0.6 is 0 Å². The van der Waals surface area contributed by atoms with Crippen LogP contribution in [-0.2, 0) is 9.59 Å². The number of ketones is 2. The van der Waals surface area contributed by atoms with Gasteiger partial charge in [-0.2, -0.15) is 0 Å². The predicted octanol–water partition coefficient (Wildman–Crippen LogP) is -0.334. The zero-order valence-electron chi connectivity index (χ0n) is 6.17. The van der Waals surface area contributed by atoms with Gasteiger partial charge in [-0.05, 0) is 6.42 Å². The number of nitrogens with zero attached hydrogens (tertiary/aromatic N) is 1. The molecule has 0 spiro atoms. The Morgan fingerprint density at radius 3 is 2.27 bits per heavy atom. The lowest BCUT2D eigenvalue weighted by atomic mass is 9.96. The van der Waals surface area contributed by atoms with Crippen molar-refractivity contribution in [3.8, 4) is 0 Å². The summed E-state index contributed by atoms with van der Waals surface area (Å²) in [5, 5.41) is 0. The van der Waals surface area contributed by atoms with Crippen molar-refractivity contribution in [2.45, 2.75) is 19.3 Å². The van der Waals surface area contributed by atoms with Gasteiger partial charge in [-0.3, -0.25) is 14.6 Å². The van der Waals surface area contributed by atoms with E-state index in [0.29, 0.717) is 19.3 Å². The highest BCUT2D eigenvalue weighted by Crippen LogP contribution is 2.08. The molecule has 0 aliphatic heterocycles. The van der Waals surface area contributed by atoms with Crippen molar-refractivity contribution in [1.29, 1.82) is 0 Å². The number of hydrogen-bond donors (Lipinski definition) is 1. The van der Waals surface area contributed by atoms with Crippen LogP contribution in [0.4, 0.5) is 0 Å². The van der Waals surface area contributed by atoms with Crippen LogP contribution in [0.2, 0.25) is 0 Å². The molecule has 0 bridgehead atoms. The second-order valence-corrected chi connectivity index (χ2v) is 2.39. The third-order valence-electron chi connectivity index (χ3n) is 1.59. The molecular weight excluding hydrogens is 144 g/mol. The topological polar surface area (TPSA) is 72.5 Å². The predicted molar refractivity (Wildman–Crippen MR) is 40.4 cm³/mol. The first kappa shape index (κ1) is 8.07. The molecule has 4 heteroatoms. The van der Waals surface area contributed by atoms with Crippen molar-refractivity contribution < 1.29 is 9.59 Å². The fourth-order valence-electron chi connectivity index (χ4n) is 1.07. The molecule has 0 aromatic heterocycles. The Bertz CT molecular complexity index is 202. The second-order valence-electron chi connectivity index (χ2n) is 2.39. The smallest absolute Gasteiger partial charge is 0.184 e. The van der Waals surface area contributed by atoms with Crippen LogP contribution < -0.4 is 5.73 Å². The van der Waals surface area contributed by atoms with Crippen molar-refractivity contribution in [3.63, 3.8) is 0 Å². The summed E-state index contributed by atoms with van der Waals surface area (Å²) in [6, 6.07) is 0. The molecule has 1 saturated carbocycles. The Morgan fingerprint density at radius 1 is 1.27 bits per heavy atom. The van der Waals surface area contributed by atoms with Crippen molar-refractivity contribution >= 4 is 17.3 Å². The molecule has 0 amide bonds. The van der Waals surface area contributed by atoms with Crippen LogP contribution in [0.25, 0.3) is 0 Å². The molecule has 0 heterocycles. The van der Waals surface area contributed by atoms with Gasteiger partial charge in [-0.25, -0.2) is 0 Å². The molecule has 0 atom stereocenters. The average Bonchev–Trinajstić information content (AvgIpc) is 1.97. The molecule has 1 aliphatic carbocycles. The SMILES string of the molecule is NCN=C1C(=O)CCCC1=O. The summed E-state index contributed by atoms with van der Waals surface area (Å²) >= 11 is 0. The minimum Gasteiger partial charge on any atom is -0.312 e. The third kappa shape index (κ3) is 1.71. The Labute approximate surface area is 64.5 Å². The van der Waals surface area contributed by atoms with Crippen LogP contribution in [0.3, 0.4) is 0 Å². The van der Waals surface area contributed by atoms with Crippen molar-refractivity contribution in [2.24, 2.45) is 10.7 Å². The van der Waals surface area contributed by atoms with Crippen molar-refractivity contribution in [2.75, 3.05) is 6.67 Å². The zero-order valence-corrected chi connectivity index (χ0v) is 6.17. The molecule has 2 N–H and O–H groups in total. The minimum atomic E-state index is -0.160. The minimum absolute atomic E-state index is 0.0206. The first-order chi connectivity index (χ1) is 5.25. The molecule has 60 valence electrons. The number of aliphatic imine (C=N–C) groups is 1. The molecule has 0 saturated heterocycles. The van der Waals surface area contributed by atoms with E-state index in [2.05, 4.69) is 4.99 Å². The van der Waals surface area contributed by atoms with Gasteiger partial charge in [-0.15, -0.1) is 0 Å². The van der Waals surface area contributed by atoms with Crippen LogP contribution in [0.15, 0.2) is 4.99 Å². The summed E-state index contributed by atoms with van der Waals surface area (Å²) in [7, 11) is 0.